The van der Waals surface area contributed by atoms with Crippen LogP contribution in [0.2, 0.25) is 0 Å². The SMILES string of the molecule is CCCCNc1nc(N)nc(CCC(=O)O)c1Cc1ccccc1C=O. The molecule has 26 heavy (non-hydrogen) atoms. The lowest BCUT2D eigenvalue weighted by Crippen LogP contribution is -2.14. The summed E-state index contributed by atoms with van der Waals surface area (Å²) < 4.78 is 0. The Morgan fingerprint density at radius 3 is 2.77 bits per heavy atom. The van der Waals surface area contributed by atoms with Gasteiger partial charge in [-0.3, -0.25) is 9.59 Å². The second kappa shape index (κ2) is 9.50. The zero-order valence-corrected chi connectivity index (χ0v) is 14.9. The fourth-order valence-corrected chi connectivity index (χ4v) is 2.70. The van der Waals surface area contributed by atoms with E-state index in [0.717, 1.165) is 36.8 Å². The van der Waals surface area contributed by atoms with E-state index in [4.69, 9.17) is 10.8 Å². The molecule has 0 aliphatic heterocycles. The van der Waals surface area contributed by atoms with E-state index in [1.807, 2.05) is 12.1 Å². The molecule has 1 aromatic heterocycles. The van der Waals surface area contributed by atoms with Gasteiger partial charge in [0, 0.05) is 30.5 Å². The van der Waals surface area contributed by atoms with E-state index < -0.39 is 5.97 Å². The quantitative estimate of drug-likeness (QED) is 0.442. The van der Waals surface area contributed by atoms with Gasteiger partial charge in [0.05, 0.1) is 12.1 Å². The topological polar surface area (TPSA) is 118 Å². The van der Waals surface area contributed by atoms with Crippen molar-refractivity contribution >= 4 is 24.0 Å². The van der Waals surface area contributed by atoms with Crippen molar-refractivity contribution in [3.05, 3.63) is 46.6 Å². The van der Waals surface area contributed by atoms with Crippen LogP contribution in [0.3, 0.4) is 0 Å². The maximum Gasteiger partial charge on any atom is 0.303 e. The lowest BCUT2D eigenvalue weighted by molar-refractivity contribution is -0.136. The summed E-state index contributed by atoms with van der Waals surface area (Å²) in [5.41, 5.74) is 8.63. The molecule has 0 aliphatic rings. The third kappa shape index (κ3) is 5.27. The van der Waals surface area contributed by atoms with Gasteiger partial charge in [-0.1, -0.05) is 37.6 Å². The number of aromatic nitrogens is 2. The standard InChI is InChI=1S/C19H24N4O3/c1-2-3-10-21-18-15(11-13-6-4-5-7-14(13)12-24)16(8-9-17(25)26)22-19(20)23-18/h4-7,12H,2-3,8-11H2,1H3,(H,25,26)(H3,20,21,22,23). The van der Waals surface area contributed by atoms with Crippen molar-refractivity contribution in [3.63, 3.8) is 0 Å². The number of carbonyl (C=O) groups is 2. The number of aliphatic carboxylic acids is 1. The summed E-state index contributed by atoms with van der Waals surface area (Å²) in [4.78, 5) is 30.9. The largest absolute Gasteiger partial charge is 0.481 e. The van der Waals surface area contributed by atoms with Gasteiger partial charge in [-0.15, -0.1) is 0 Å². The van der Waals surface area contributed by atoms with Crippen LogP contribution in [0.1, 0.15) is 53.4 Å². The van der Waals surface area contributed by atoms with Gasteiger partial charge in [0.2, 0.25) is 5.95 Å². The molecule has 0 amide bonds. The number of unbranched alkanes of at least 4 members (excludes halogenated alkanes) is 1. The van der Waals surface area contributed by atoms with Crippen molar-refractivity contribution < 1.29 is 14.7 Å². The molecule has 0 atom stereocenters. The molecule has 0 aliphatic carbocycles. The number of carboxylic acid groups (broad SMARTS) is 1. The van der Waals surface area contributed by atoms with Crippen molar-refractivity contribution in [1.29, 1.82) is 0 Å². The highest BCUT2D eigenvalue weighted by Gasteiger charge is 2.16. The van der Waals surface area contributed by atoms with Gasteiger partial charge >= 0.3 is 5.97 Å². The molecule has 0 saturated heterocycles. The first-order valence-corrected chi connectivity index (χ1v) is 8.69. The lowest BCUT2D eigenvalue weighted by atomic mass is 9.98. The summed E-state index contributed by atoms with van der Waals surface area (Å²) >= 11 is 0. The molecular formula is C19H24N4O3. The van der Waals surface area contributed by atoms with E-state index in [-0.39, 0.29) is 18.8 Å². The number of hydrogen-bond acceptors (Lipinski definition) is 6. The summed E-state index contributed by atoms with van der Waals surface area (Å²) in [7, 11) is 0. The Kier molecular flexibility index (Phi) is 7.08. The van der Waals surface area contributed by atoms with Gasteiger partial charge in [-0.05, 0) is 12.0 Å². The zero-order valence-electron chi connectivity index (χ0n) is 14.9. The van der Waals surface area contributed by atoms with E-state index in [0.29, 0.717) is 23.5 Å². The van der Waals surface area contributed by atoms with E-state index in [1.54, 1.807) is 12.1 Å². The highest BCUT2D eigenvalue weighted by atomic mass is 16.4. The van der Waals surface area contributed by atoms with Gasteiger partial charge in [-0.25, -0.2) is 4.98 Å². The van der Waals surface area contributed by atoms with E-state index >= 15 is 0 Å². The molecule has 7 nitrogen and oxygen atoms in total. The molecular weight excluding hydrogens is 332 g/mol. The number of aldehydes is 1. The minimum atomic E-state index is -0.901. The van der Waals surface area contributed by atoms with Crippen LogP contribution in [-0.2, 0) is 17.6 Å². The highest BCUT2D eigenvalue weighted by Crippen LogP contribution is 2.24. The Bertz CT molecular complexity index is 777. The molecule has 4 N–H and O–H groups in total. The number of carbonyl (C=O) groups excluding carboxylic acids is 1. The number of nitrogen functional groups attached to an aromatic ring is 1. The summed E-state index contributed by atoms with van der Waals surface area (Å²) in [6.07, 6.45) is 3.45. The predicted molar refractivity (Wildman–Crippen MR) is 100 cm³/mol. The molecule has 0 spiro atoms. The first-order valence-electron chi connectivity index (χ1n) is 8.69. The van der Waals surface area contributed by atoms with Crippen LogP contribution in [0, 0.1) is 0 Å². The average molecular weight is 356 g/mol. The molecule has 1 aromatic carbocycles. The Morgan fingerprint density at radius 1 is 1.31 bits per heavy atom. The number of rotatable bonds is 10. The molecule has 7 heteroatoms. The molecule has 138 valence electrons. The number of benzene rings is 1. The maximum absolute atomic E-state index is 11.3. The fraction of sp³-hybridized carbons (Fsp3) is 0.368. The summed E-state index contributed by atoms with van der Waals surface area (Å²) in [5.74, 6) is -0.189. The van der Waals surface area contributed by atoms with Gasteiger partial charge in [0.25, 0.3) is 0 Å². The number of aryl methyl sites for hydroxylation is 1. The minimum absolute atomic E-state index is 0.0484. The fourth-order valence-electron chi connectivity index (χ4n) is 2.70. The Morgan fingerprint density at radius 2 is 2.08 bits per heavy atom. The molecule has 0 bridgehead atoms. The normalized spacial score (nSPS) is 10.5. The van der Waals surface area contributed by atoms with Crippen LogP contribution in [0.4, 0.5) is 11.8 Å². The maximum atomic E-state index is 11.3. The third-order valence-electron chi connectivity index (χ3n) is 4.06. The minimum Gasteiger partial charge on any atom is -0.481 e. The number of nitrogens with two attached hydrogens (primary N) is 1. The third-order valence-corrected chi connectivity index (χ3v) is 4.06. The van der Waals surface area contributed by atoms with Crippen LogP contribution in [0.15, 0.2) is 24.3 Å². The average Bonchev–Trinajstić information content (AvgIpc) is 2.62. The summed E-state index contributed by atoms with van der Waals surface area (Å²) in [6, 6.07) is 7.29. The zero-order chi connectivity index (χ0) is 18.9. The van der Waals surface area contributed by atoms with Gasteiger partial charge < -0.3 is 16.2 Å². The van der Waals surface area contributed by atoms with Crippen LogP contribution in [0.5, 0.6) is 0 Å². The smallest absolute Gasteiger partial charge is 0.303 e. The number of nitrogens with one attached hydrogen (secondary N) is 1. The van der Waals surface area contributed by atoms with Crippen molar-refractivity contribution in [2.24, 2.45) is 0 Å². The first-order chi connectivity index (χ1) is 12.5. The molecule has 0 fully saturated rings. The number of nitrogens with zero attached hydrogens (tertiary/aromatic N) is 2. The van der Waals surface area contributed by atoms with E-state index in [2.05, 4.69) is 22.2 Å². The first kappa shape index (κ1) is 19.4. The van der Waals surface area contributed by atoms with Gasteiger partial charge in [0.1, 0.15) is 12.1 Å². The van der Waals surface area contributed by atoms with Crippen LogP contribution in [0.25, 0.3) is 0 Å². The van der Waals surface area contributed by atoms with E-state index in [9.17, 15) is 9.59 Å². The number of carboxylic acids is 1. The number of anilines is 2. The molecule has 2 rings (SSSR count). The van der Waals surface area contributed by atoms with E-state index in [1.165, 1.54) is 0 Å². The van der Waals surface area contributed by atoms with Crippen LogP contribution in [-0.4, -0.2) is 33.9 Å². The molecule has 1 heterocycles. The summed E-state index contributed by atoms with van der Waals surface area (Å²) in [6.45, 7) is 2.82. The van der Waals surface area contributed by atoms with Crippen molar-refractivity contribution in [1.82, 2.24) is 9.97 Å². The molecule has 0 radical (unpaired) electrons. The second-order valence-electron chi connectivity index (χ2n) is 6.02. The summed E-state index contributed by atoms with van der Waals surface area (Å²) in [5, 5.41) is 12.3. The molecule has 0 saturated carbocycles. The second-order valence-corrected chi connectivity index (χ2v) is 6.02. The Hall–Kier alpha value is -2.96. The Balaban J connectivity index is 2.43. The van der Waals surface area contributed by atoms with Crippen LogP contribution >= 0.6 is 0 Å². The number of hydrogen-bond donors (Lipinski definition) is 3. The monoisotopic (exact) mass is 356 g/mol. The molecule has 2 aromatic rings. The van der Waals surface area contributed by atoms with Crippen molar-refractivity contribution in [2.45, 2.75) is 39.0 Å². The predicted octanol–water partition coefficient (Wildman–Crippen LogP) is 2.69. The van der Waals surface area contributed by atoms with Gasteiger partial charge in [0.15, 0.2) is 0 Å². The Labute approximate surface area is 152 Å². The molecule has 0 unspecified atom stereocenters. The highest BCUT2D eigenvalue weighted by molar-refractivity contribution is 5.77. The van der Waals surface area contributed by atoms with Crippen molar-refractivity contribution in [3.8, 4) is 0 Å². The van der Waals surface area contributed by atoms with Crippen LogP contribution < -0.4 is 11.1 Å². The van der Waals surface area contributed by atoms with Gasteiger partial charge in [-0.2, -0.15) is 4.98 Å². The van der Waals surface area contributed by atoms with Crippen molar-refractivity contribution in [2.75, 3.05) is 17.6 Å². The lowest BCUT2D eigenvalue weighted by Gasteiger charge is -2.16.